The van der Waals surface area contributed by atoms with E-state index in [0.717, 1.165) is 30.5 Å². The van der Waals surface area contributed by atoms with Gasteiger partial charge in [0.25, 0.3) is 0 Å². The second kappa shape index (κ2) is 7.08. The topological polar surface area (TPSA) is 78.1 Å². The van der Waals surface area contributed by atoms with Gasteiger partial charge in [0.15, 0.2) is 5.13 Å². The average Bonchev–Trinajstić information content (AvgIpc) is 3.26. The van der Waals surface area contributed by atoms with Crippen LogP contribution in [0.25, 0.3) is 11.3 Å². The molecule has 1 saturated heterocycles. The summed E-state index contributed by atoms with van der Waals surface area (Å²) in [6, 6.07) is 5.10. The number of hydrogen-bond acceptors (Lipinski definition) is 6. The van der Waals surface area contributed by atoms with Crippen molar-refractivity contribution < 1.29 is 4.79 Å². The number of carbonyl (C=O) groups excluding carboxylic acids is 1. The molecular weight excluding hydrogens is 346 g/mol. The van der Waals surface area contributed by atoms with E-state index >= 15 is 0 Å². The van der Waals surface area contributed by atoms with Crippen molar-refractivity contribution >= 4 is 22.4 Å². The van der Waals surface area contributed by atoms with Crippen LogP contribution in [0.5, 0.6) is 0 Å². The molecule has 1 aliphatic heterocycles. The van der Waals surface area contributed by atoms with Crippen LogP contribution in [-0.4, -0.2) is 23.0 Å². The fourth-order valence-electron chi connectivity index (χ4n) is 3.87. The van der Waals surface area contributed by atoms with E-state index in [1.807, 2.05) is 5.38 Å². The molecule has 6 nitrogen and oxygen atoms in total. The second-order valence-corrected chi connectivity index (χ2v) is 8.27. The van der Waals surface area contributed by atoms with E-state index in [2.05, 4.69) is 59.6 Å². The van der Waals surface area contributed by atoms with Crippen LogP contribution in [0.3, 0.4) is 0 Å². The fraction of sp³-hybridized carbons (Fsp3) is 0.474. The number of carbonyl (C=O) groups is 1. The molecule has 1 aliphatic carbocycles. The average molecular weight is 372 g/mol. The number of aromatic nitrogens is 1. The van der Waals surface area contributed by atoms with E-state index < -0.39 is 0 Å². The number of rotatable bonds is 3. The van der Waals surface area contributed by atoms with E-state index in [1.165, 1.54) is 28.0 Å². The first-order chi connectivity index (χ1) is 12.5. The zero-order chi connectivity index (χ0) is 18.3. The minimum absolute atomic E-state index is 0.0288. The number of aryl methyl sites for hydroxylation is 3. The molecule has 3 atom stereocenters. The van der Waals surface area contributed by atoms with Gasteiger partial charge >= 0.3 is 0 Å². The summed E-state index contributed by atoms with van der Waals surface area (Å²) >= 11 is 1.49. The normalized spacial score (nSPS) is 25.1. The first-order valence-corrected chi connectivity index (χ1v) is 10.00. The van der Waals surface area contributed by atoms with Crippen LogP contribution in [0.4, 0.5) is 5.13 Å². The molecule has 1 amide bonds. The molecule has 26 heavy (non-hydrogen) atoms. The second-order valence-electron chi connectivity index (χ2n) is 7.42. The maximum atomic E-state index is 12.7. The van der Waals surface area contributed by atoms with E-state index in [0.29, 0.717) is 17.2 Å². The zero-order valence-electron chi connectivity index (χ0n) is 15.3. The maximum Gasteiger partial charge on any atom is 0.229 e. The van der Waals surface area contributed by atoms with Crippen molar-refractivity contribution in [3.63, 3.8) is 0 Å². The number of nitrogens with zero attached hydrogens (tertiary/aromatic N) is 1. The van der Waals surface area contributed by atoms with Crippen LogP contribution in [0.2, 0.25) is 0 Å². The van der Waals surface area contributed by atoms with E-state index in [9.17, 15) is 4.79 Å². The Bertz CT molecular complexity index is 833. The third-order valence-electron chi connectivity index (χ3n) is 5.59. The minimum atomic E-state index is 0.0288. The summed E-state index contributed by atoms with van der Waals surface area (Å²) in [6.07, 6.45) is 2.73. The van der Waals surface area contributed by atoms with E-state index in [-0.39, 0.29) is 11.8 Å². The molecule has 1 aromatic heterocycles. The number of fused-ring (bicyclic) bond motifs is 1. The number of benzene rings is 1. The SMILES string of the molecule is Cc1cc(C)c(-c2csc(NC(=O)C3CCC4NNNC4C3)n2)cc1C. The molecule has 2 heterocycles. The van der Waals surface area contributed by atoms with Crippen molar-refractivity contribution in [1.82, 2.24) is 21.4 Å². The van der Waals surface area contributed by atoms with Gasteiger partial charge in [-0.05, 0) is 62.8 Å². The number of hydrazine groups is 2. The van der Waals surface area contributed by atoms with Crippen molar-refractivity contribution in [2.24, 2.45) is 5.92 Å². The smallest absolute Gasteiger partial charge is 0.229 e. The van der Waals surface area contributed by atoms with Crippen molar-refractivity contribution in [3.8, 4) is 11.3 Å². The first kappa shape index (κ1) is 17.6. The number of hydrogen-bond donors (Lipinski definition) is 4. The Morgan fingerprint density at radius 1 is 1.12 bits per heavy atom. The van der Waals surface area contributed by atoms with Crippen molar-refractivity contribution in [2.45, 2.75) is 52.1 Å². The fourth-order valence-corrected chi connectivity index (χ4v) is 4.58. The summed E-state index contributed by atoms with van der Waals surface area (Å²) < 4.78 is 0. The van der Waals surface area contributed by atoms with Crippen LogP contribution >= 0.6 is 11.3 Å². The Morgan fingerprint density at radius 2 is 1.88 bits per heavy atom. The molecule has 7 heteroatoms. The Hall–Kier alpha value is -1.80. The molecular formula is C19H25N5OS. The maximum absolute atomic E-state index is 12.7. The molecule has 3 unspecified atom stereocenters. The molecule has 0 radical (unpaired) electrons. The third kappa shape index (κ3) is 3.40. The summed E-state index contributed by atoms with van der Waals surface area (Å²) in [7, 11) is 0. The summed E-state index contributed by atoms with van der Waals surface area (Å²) in [5, 5.41) is 5.73. The number of nitrogens with one attached hydrogen (secondary N) is 4. The monoisotopic (exact) mass is 371 g/mol. The highest BCUT2D eigenvalue weighted by Crippen LogP contribution is 2.31. The van der Waals surface area contributed by atoms with Crippen LogP contribution in [0.1, 0.15) is 36.0 Å². The standard InChI is InChI=1S/C19H25N5OS/c1-10-6-12(3)14(7-11(10)2)17-9-26-19(20-17)21-18(25)13-4-5-15-16(8-13)23-24-22-15/h6-7,9,13,15-16,22-24H,4-5,8H2,1-3H3,(H,20,21,25). The largest absolute Gasteiger partial charge is 0.302 e. The number of thiazole rings is 1. The summed E-state index contributed by atoms with van der Waals surface area (Å²) in [5.74, 6) is 0.107. The Labute approximate surface area is 157 Å². The molecule has 2 fully saturated rings. The Balaban J connectivity index is 1.45. The molecule has 0 bridgehead atoms. The van der Waals surface area contributed by atoms with Gasteiger partial charge in [-0.1, -0.05) is 6.07 Å². The Morgan fingerprint density at radius 3 is 2.73 bits per heavy atom. The van der Waals surface area contributed by atoms with Crippen LogP contribution < -0.4 is 21.7 Å². The summed E-state index contributed by atoms with van der Waals surface area (Å²) in [4.78, 5) is 17.3. The van der Waals surface area contributed by atoms with Gasteiger partial charge in [-0.2, -0.15) is 5.53 Å². The van der Waals surface area contributed by atoms with Gasteiger partial charge in [-0.15, -0.1) is 11.3 Å². The molecule has 4 N–H and O–H groups in total. The van der Waals surface area contributed by atoms with Crippen molar-refractivity contribution in [1.29, 1.82) is 0 Å². The third-order valence-corrected chi connectivity index (χ3v) is 6.34. The van der Waals surface area contributed by atoms with Crippen LogP contribution in [0, 0.1) is 26.7 Å². The minimum Gasteiger partial charge on any atom is -0.302 e. The van der Waals surface area contributed by atoms with Gasteiger partial charge in [-0.25, -0.2) is 15.8 Å². The number of amides is 1. The van der Waals surface area contributed by atoms with Gasteiger partial charge in [0, 0.05) is 28.9 Å². The van der Waals surface area contributed by atoms with Crippen molar-refractivity contribution in [3.05, 3.63) is 34.2 Å². The van der Waals surface area contributed by atoms with Gasteiger partial charge in [0.1, 0.15) is 0 Å². The van der Waals surface area contributed by atoms with Gasteiger partial charge in [0.2, 0.25) is 5.91 Å². The van der Waals surface area contributed by atoms with E-state index in [1.54, 1.807) is 0 Å². The molecule has 2 aromatic rings. The van der Waals surface area contributed by atoms with E-state index in [4.69, 9.17) is 0 Å². The lowest BCUT2D eigenvalue weighted by Crippen LogP contribution is -2.42. The highest BCUT2D eigenvalue weighted by atomic mass is 32.1. The van der Waals surface area contributed by atoms with Gasteiger partial charge < -0.3 is 5.32 Å². The molecule has 4 rings (SSSR count). The predicted molar refractivity (Wildman–Crippen MR) is 105 cm³/mol. The molecule has 138 valence electrons. The molecule has 2 aliphatic rings. The lowest BCUT2D eigenvalue weighted by molar-refractivity contribution is -0.121. The molecule has 1 saturated carbocycles. The molecule has 1 aromatic carbocycles. The zero-order valence-corrected chi connectivity index (χ0v) is 16.2. The summed E-state index contributed by atoms with van der Waals surface area (Å²) in [6.45, 7) is 6.34. The number of anilines is 1. The van der Waals surface area contributed by atoms with Crippen LogP contribution in [-0.2, 0) is 4.79 Å². The lowest BCUT2D eigenvalue weighted by atomic mass is 9.83. The Kier molecular flexibility index (Phi) is 4.79. The van der Waals surface area contributed by atoms with Crippen molar-refractivity contribution in [2.75, 3.05) is 5.32 Å². The quantitative estimate of drug-likeness (QED) is 0.667. The molecule has 0 spiro atoms. The van der Waals surface area contributed by atoms with Gasteiger partial charge in [-0.3, -0.25) is 4.79 Å². The highest BCUT2D eigenvalue weighted by molar-refractivity contribution is 7.14. The highest BCUT2D eigenvalue weighted by Gasteiger charge is 2.36. The predicted octanol–water partition coefficient (Wildman–Crippen LogP) is 2.82. The lowest BCUT2D eigenvalue weighted by Gasteiger charge is -2.29. The first-order valence-electron chi connectivity index (χ1n) is 9.12. The van der Waals surface area contributed by atoms with Gasteiger partial charge in [0.05, 0.1) is 5.69 Å². The summed E-state index contributed by atoms with van der Waals surface area (Å²) in [5.41, 5.74) is 15.2. The van der Waals surface area contributed by atoms with Crippen LogP contribution in [0.15, 0.2) is 17.5 Å².